The van der Waals surface area contributed by atoms with Gasteiger partial charge >= 0.3 is 13.8 Å². The van der Waals surface area contributed by atoms with E-state index in [9.17, 15) is 14.3 Å². The number of quaternary nitrogens is 1. The van der Waals surface area contributed by atoms with E-state index in [1.807, 2.05) is 21.1 Å². The van der Waals surface area contributed by atoms with Gasteiger partial charge in [0.15, 0.2) is 0 Å². The third-order valence-electron chi connectivity index (χ3n) is 7.14. The Labute approximate surface area is 215 Å². The number of likely N-dealkylation sites (N-methyl/N-ethyl adjacent to an activating group) is 1. The maximum absolute atomic E-state index is 13.0. The highest BCUT2D eigenvalue weighted by Crippen LogP contribution is 2.54. The molecule has 1 rings (SSSR count). The van der Waals surface area contributed by atoms with Gasteiger partial charge in [0.05, 0.1) is 39.3 Å². The lowest BCUT2D eigenvalue weighted by atomic mass is 9.79. The lowest BCUT2D eigenvalue weighted by Gasteiger charge is -2.33. The van der Waals surface area contributed by atoms with E-state index in [-0.39, 0.29) is 12.6 Å². The van der Waals surface area contributed by atoms with Crippen LogP contribution in [0.25, 0.3) is 0 Å². The summed E-state index contributed by atoms with van der Waals surface area (Å²) in [4.78, 5) is 23.4. The Hall–Kier alpha value is -0.460. The maximum Gasteiger partial charge on any atom is 0.472 e. The smallest absolute Gasteiger partial charge is 0.465 e. The van der Waals surface area contributed by atoms with Gasteiger partial charge in [0, 0.05) is 0 Å². The standard InChI is InChI=1S/C27H54NO6P/c1-6-8-9-10-11-12-13-14-15-16-17-18-21-27(26(29)32-7-2)22-19-20-25(27)34-35(30,31)33-24-23-28(3,4)5/h25H,6-24H2,1-5H3/p+1/t25-,27-/m1/s1. The van der Waals surface area contributed by atoms with Gasteiger partial charge in [-0.1, -0.05) is 84.0 Å². The van der Waals surface area contributed by atoms with E-state index in [1.54, 1.807) is 6.92 Å². The second kappa shape index (κ2) is 17.1. The molecule has 1 fully saturated rings. The number of nitrogens with zero attached hydrogens (tertiary/aromatic N) is 1. The monoisotopic (exact) mass is 520 g/mol. The highest BCUT2D eigenvalue weighted by atomic mass is 31.2. The molecule has 35 heavy (non-hydrogen) atoms. The maximum atomic E-state index is 13.0. The molecule has 0 aromatic rings. The topological polar surface area (TPSA) is 82.1 Å². The van der Waals surface area contributed by atoms with Gasteiger partial charge in [-0.05, 0) is 32.6 Å². The number of unbranched alkanes of at least 4 members (excludes halogenated alkanes) is 11. The van der Waals surface area contributed by atoms with E-state index in [4.69, 9.17) is 13.8 Å². The number of hydrogen-bond donors (Lipinski definition) is 1. The highest BCUT2D eigenvalue weighted by Gasteiger charge is 2.52. The summed E-state index contributed by atoms with van der Waals surface area (Å²) in [5.74, 6) is -0.295. The number of hydrogen-bond acceptors (Lipinski definition) is 5. The van der Waals surface area contributed by atoms with Crippen LogP contribution in [0, 0.1) is 5.41 Å². The molecule has 0 heterocycles. The van der Waals surface area contributed by atoms with Gasteiger partial charge in [-0.15, -0.1) is 0 Å². The minimum absolute atomic E-state index is 0.120. The van der Waals surface area contributed by atoms with Crippen LogP contribution in [-0.4, -0.2) is 62.4 Å². The molecule has 1 saturated carbocycles. The number of carbonyl (C=O) groups is 1. The molecule has 1 aliphatic rings. The predicted molar refractivity (Wildman–Crippen MR) is 142 cm³/mol. The molecule has 0 amide bonds. The zero-order chi connectivity index (χ0) is 26.2. The molecular formula is C27H55NO6P+. The molecule has 7 nitrogen and oxygen atoms in total. The van der Waals surface area contributed by atoms with Gasteiger partial charge in [0.25, 0.3) is 0 Å². The normalized spacial score (nSPS) is 22.3. The van der Waals surface area contributed by atoms with E-state index < -0.39 is 19.3 Å². The van der Waals surface area contributed by atoms with E-state index >= 15 is 0 Å². The number of phosphoric acid groups is 1. The van der Waals surface area contributed by atoms with Crippen LogP contribution < -0.4 is 0 Å². The van der Waals surface area contributed by atoms with Crippen molar-refractivity contribution in [2.45, 2.75) is 123 Å². The summed E-state index contributed by atoms with van der Waals surface area (Å²) in [6.45, 7) is 5.05. The molecule has 3 atom stereocenters. The molecule has 0 aliphatic heterocycles. The third-order valence-corrected chi connectivity index (χ3v) is 8.17. The zero-order valence-corrected chi connectivity index (χ0v) is 24.3. The van der Waals surface area contributed by atoms with E-state index in [0.29, 0.717) is 36.9 Å². The quantitative estimate of drug-likeness (QED) is 0.0758. The van der Waals surface area contributed by atoms with Crippen LogP contribution in [0.2, 0.25) is 0 Å². The third kappa shape index (κ3) is 13.6. The van der Waals surface area contributed by atoms with E-state index in [0.717, 1.165) is 25.7 Å². The average molecular weight is 521 g/mol. The first-order chi connectivity index (χ1) is 16.6. The number of ether oxygens (including phenoxy) is 1. The number of phosphoric ester groups is 1. The largest absolute Gasteiger partial charge is 0.472 e. The van der Waals surface area contributed by atoms with E-state index in [1.165, 1.54) is 57.8 Å². The van der Waals surface area contributed by atoms with Crippen LogP contribution >= 0.6 is 7.82 Å². The molecule has 1 N–H and O–H groups in total. The Kier molecular flexibility index (Phi) is 15.9. The van der Waals surface area contributed by atoms with Crippen molar-refractivity contribution < 1.29 is 32.5 Å². The number of rotatable bonds is 21. The molecule has 0 aromatic carbocycles. The molecule has 0 radical (unpaired) electrons. The first-order valence-corrected chi connectivity index (χ1v) is 15.7. The van der Waals surface area contributed by atoms with Crippen molar-refractivity contribution in [1.29, 1.82) is 0 Å². The van der Waals surface area contributed by atoms with Crippen molar-refractivity contribution >= 4 is 13.8 Å². The predicted octanol–water partition coefficient (Wildman–Crippen LogP) is 7.02. The van der Waals surface area contributed by atoms with Gasteiger partial charge < -0.3 is 14.1 Å². The Morgan fingerprint density at radius 2 is 1.49 bits per heavy atom. The second-order valence-corrected chi connectivity index (χ2v) is 12.7. The SMILES string of the molecule is CCCCCCCCCCCCCC[C@@]1(C(=O)OCC)CCC[C@H]1OP(=O)(O)OCC[N+](C)(C)C. The first-order valence-electron chi connectivity index (χ1n) is 14.2. The Morgan fingerprint density at radius 1 is 0.943 bits per heavy atom. The Bertz CT molecular complexity index is 623. The van der Waals surface area contributed by atoms with Gasteiger partial charge in [-0.3, -0.25) is 13.8 Å². The molecule has 1 unspecified atom stereocenters. The highest BCUT2D eigenvalue weighted by molar-refractivity contribution is 7.47. The second-order valence-electron chi connectivity index (χ2n) is 11.3. The molecule has 208 valence electrons. The summed E-state index contributed by atoms with van der Waals surface area (Å²) in [5.41, 5.74) is -0.851. The fourth-order valence-electron chi connectivity index (χ4n) is 4.99. The van der Waals surface area contributed by atoms with Crippen LogP contribution in [0.1, 0.15) is 117 Å². The van der Waals surface area contributed by atoms with E-state index in [2.05, 4.69) is 6.92 Å². The summed E-state index contributed by atoms with van der Waals surface area (Å²) < 4.78 is 29.6. The zero-order valence-electron chi connectivity index (χ0n) is 23.4. The van der Waals surface area contributed by atoms with Crippen molar-refractivity contribution in [3.8, 4) is 0 Å². The van der Waals surface area contributed by atoms with Crippen molar-refractivity contribution in [2.24, 2.45) is 5.41 Å². The lowest BCUT2D eigenvalue weighted by molar-refractivity contribution is -0.870. The van der Waals surface area contributed by atoms with Crippen LogP contribution in [-0.2, 0) is 23.1 Å². The van der Waals surface area contributed by atoms with Crippen LogP contribution in [0.5, 0.6) is 0 Å². The van der Waals surface area contributed by atoms with Crippen LogP contribution in [0.15, 0.2) is 0 Å². The summed E-state index contributed by atoms with van der Waals surface area (Å²) in [5, 5.41) is 0. The summed E-state index contributed by atoms with van der Waals surface area (Å²) in [7, 11) is 1.72. The lowest BCUT2D eigenvalue weighted by Crippen LogP contribution is -2.41. The molecule has 0 bridgehead atoms. The summed E-state index contributed by atoms with van der Waals surface area (Å²) in [6.07, 6.45) is 17.0. The van der Waals surface area contributed by atoms with Crippen molar-refractivity contribution in [3.63, 3.8) is 0 Å². The molecule has 0 saturated heterocycles. The molecular weight excluding hydrogens is 465 g/mol. The van der Waals surface area contributed by atoms with Gasteiger partial charge in [0.1, 0.15) is 13.2 Å². The number of esters is 1. The molecule has 8 heteroatoms. The Balaban J connectivity index is 2.49. The first kappa shape index (κ1) is 32.6. The van der Waals surface area contributed by atoms with Crippen LogP contribution in [0.3, 0.4) is 0 Å². The van der Waals surface area contributed by atoms with Gasteiger partial charge in [-0.25, -0.2) is 4.57 Å². The van der Waals surface area contributed by atoms with Gasteiger partial charge in [0.2, 0.25) is 0 Å². The Morgan fingerprint density at radius 3 is 2.00 bits per heavy atom. The summed E-state index contributed by atoms with van der Waals surface area (Å²) in [6, 6.07) is 0. The molecule has 1 aliphatic carbocycles. The fourth-order valence-corrected chi connectivity index (χ4v) is 5.99. The molecule has 0 aromatic heterocycles. The van der Waals surface area contributed by atoms with Crippen molar-refractivity contribution in [3.05, 3.63) is 0 Å². The van der Waals surface area contributed by atoms with Crippen molar-refractivity contribution in [2.75, 3.05) is 40.9 Å². The molecule has 0 spiro atoms. The average Bonchev–Trinajstić information content (AvgIpc) is 3.16. The van der Waals surface area contributed by atoms with Gasteiger partial charge in [-0.2, -0.15) is 0 Å². The summed E-state index contributed by atoms with van der Waals surface area (Å²) >= 11 is 0. The minimum atomic E-state index is -4.25. The minimum Gasteiger partial charge on any atom is -0.465 e. The van der Waals surface area contributed by atoms with Crippen molar-refractivity contribution in [1.82, 2.24) is 0 Å². The number of carbonyl (C=O) groups excluding carboxylic acids is 1. The fraction of sp³-hybridized carbons (Fsp3) is 0.963. The van der Waals surface area contributed by atoms with Crippen LogP contribution in [0.4, 0.5) is 0 Å².